The van der Waals surface area contributed by atoms with Crippen LogP contribution >= 0.6 is 11.8 Å². The Labute approximate surface area is 128 Å². The monoisotopic (exact) mass is 301 g/mol. The van der Waals surface area contributed by atoms with E-state index in [0.717, 1.165) is 29.3 Å². The number of benzene rings is 1. The van der Waals surface area contributed by atoms with Crippen molar-refractivity contribution in [3.8, 4) is 0 Å². The Kier molecular flexibility index (Phi) is 3.88. The number of fused-ring (bicyclic) bond motifs is 1. The molecular weight excluding hydrogens is 282 g/mol. The third-order valence-corrected chi connectivity index (χ3v) is 4.42. The fourth-order valence-electron chi connectivity index (χ4n) is 2.52. The van der Waals surface area contributed by atoms with Gasteiger partial charge in [0.25, 0.3) is 0 Å². The molecule has 3 aromatic rings. The standard InChI is InChI=1S/C15H19N5S/c1-3-20-15(17-10-18-20)9-19-6-5-12-13(19)7-11(16)8-14(12)21-4-2/h5-8,10H,3-4,9,16H2,1-2H3. The van der Waals surface area contributed by atoms with Crippen LogP contribution in [0.25, 0.3) is 10.9 Å². The van der Waals surface area contributed by atoms with E-state index >= 15 is 0 Å². The molecule has 0 fully saturated rings. The van der Waals surface area contributed by atoms with Gasteiger partial charge in [-0.25, -0.2) is 9.67 Å². The van der Waals surface area contributed by atoms with E-state index in [4.69, 9.17) is 5.73 Å². The summed E-state index contributed by atoms with van der Waals surface area (Å²) >= 11 is 1.82. The van der Waals surface area contributed by atoms with Crippen LogP contribution in [0, 0.1) is 0 Å². The van der Waals surface area contributed by atoms with Crippen molar-refractivity contribution >= 4 is 28.4 Å². The number of nitrogens with two attached hydrogens (primary N) is 1. The molecule has 2 aromatic heterocycles. The molecule has 0 aliphatic rings. The topological polar surface area (TPSA) is 61.7 Å². The second kappa shape index (κ2) is 5.81. The third-order valence-electron chi connectivity index (χ3n) is 3.48. The lowest BCUT2D eigenvalue weighted by molar-refractivity contribution is 0.597. The van der Waals surface area contributed by atoms with E-state index in [2.05, 4.69) is 46.8 Å². The molecule has 0 amide bonds. The highest BCUT2D eigenvalue weighted by Gasteiger charge is 2.10. The maximum Gasteiger partial charge on any atom is 0.146 e. The Hall–Kier alpha value is -1.95. The summed E-state index contributed by atoms with van der Waals surface area (Å²) in [6.45, 7) is 5.75. The maximum atomic E-state index is 6.05. The van der Waals surface area contributed by atoms with Gasteiger partial charge in [0.15, 0.2) is 0 Å². The van der Waals surface area contributed by atoms with Gasteiger partial charge in [0.1, 0.15) is 12.2 Å². The summed E-state index contributed by atoms with van der Waals surface area (Å²) in [5.41, 5.74) is 8.00. The Balaban J connectivity index is 2.04. The average Bonchev–Trinajstić information content (AvgIpc) is 3.07. The molecule has 0 unspecified atom stereocenters. The van der Waals surface area contributed by atoms with Crippen molar-refractivity contribution in [2.75, 3.05) is 11.5 Å². The van der Waals surface area contributed by atoms with Gasteiger partial charge in [-0.1, -0.05) is 6.92 Å². The molecule has 0 radical (unpaired) electrons. The van der Waals surface area contributed by atoms with E-state index in [1.807, 2.05) is 22.5 Å². The molecule has 2 N–H and O–H groups in total. The molecule has 1 aromatic carbocycles. The van der Waals surface area contributed by atoms with Gasteiger partial charge in [-0.3, -0.25) is 0 Å². The van der Waals surface area contributed by atoms with Gasteiger partial charge >= 0.3 is 0 Å². The molecule has 5 nitrogen and oxygen atoms in total. The lowest BCUT2D eigenvalue weighted by Crippen LogP contribution is -2.08. The number of hydrogen-bond acceptors (Lipinski definition) is 4. The molecule has 21 heavy (non-hydrogen) atoms. The average molecular weight is 301 g/mol. The Bertz CT molecular complexity index is 759. The van der Waals surface area contributed by atoms with Crippen LogP contribution in [-0.2, 0) is 13.1 Å². The van der Waals surface area contributed by atoms with Gasteiger partial charge in [0.05, 0.1) is 12.1 Å². The molecule has 0 bridgehead atoms. The first-order valence-corrected chi connectivity index (χ1v) is 8.09. The van der Waals surface area contributed by atoms with Gasteiger partial charge in [-0.05, 0) is 30.9 Å². The van der Waals surface area contributed by atoms with E-state index in [9.17, 15) is 0 Å². The van der Waals surface area contributed by atoms with Gasteiger partial charge in [-0.15, -0.1) is 11.8 Å². The highest BCUT2D eigenvalue weighted by molar-refractivity contribution is 7.99. The minimum atomic E-state index is 0.705. The first kappa shape index (κ1) is 14.0. The van der Waals surface area contributed by atoms with Gasteiger partial charge in [0, 0.05) is 28.7 Å². The Morgan fingerprint density at radius 2 is 2.14 bits per heavy atom. The lowest BCUT2D eigenvalue weighted by Gasteiger charge is -2.08. The minimum Gasteiger partial charge on any atom is -0.399 e. The number of hydrogen-bond donors (Lipinski definition) is 1. The predicted molar refractivity (Wildman–Crippen MR) is 87.5 cm³/mol. The maximum absolute atomic E-state index is 6.05. The quantitative estimate of drug-likeness (QED) is 0.581. The molecule has 6 heteroatoms. The van der Waals surface area contributed by atoms with Crippen molar-refractivity contribution in [2.45, 2.75) is 31.8 Å². The van der Waals surface area contributed by atoms with Crippen molar-refractivity contribution in [3.05, 3.63) is 36.5 Å². The van der Waals surface area contributed by atoms with Crippen molar-refractivity contribution in [1.82, 2.24) is 19.3 Å². The SMILES string of the molecule is CCSc1cc(N)cc2c1ccn2Cc1ncnn1CC. The zero-order valence-electron chi connectivity index (χ0n) is 12.3. The van der Waals surface area contributed by atoms with Crippen LogP contribution in [0.15, 0.2) is 35.6 Å². The first-order valence-electron chi connectivity index (χ1n) is 7.10. The molecule has 0 saturated carbocycles. The fourth-order valence-corrected chi connectivity index (χ4v) is 3.38. The van der Waals surface area contributed by atoms with Gasteiger partial charge in [0.2, 0.25) is 0 Å². The first-order chi connectivity index (χ1) is 10.2. The highest BCUT2D eigenvalue weighted by atomic mass is 32.2. The molecule has 3 rings (SSSR count). The van der Waals surface area contributed by atoms with Crippen molar-refractivity contribution in [2.24, 2.45) is 0 Å². The number of thioether (sulfide) groups is 1. The summed E-state index contributed by atoms with van der Waals surface area (Å²) in [5.74, 6) is 2.00. The largest absolute Gasteiger partial charge is 0.399 e. The summed E-state index contributed by atoms with van der Waals surface area (Å²) in [7, 11) is 0. The zero-order valence-corrected chi connectivity index (χ0v) is 13.1. The predicted octanol–water partition coefficient (Wildman–Crippen LogP) is 3.00. The normalized spacial score (nSPS) is 11.3. The van der Waals surface area contributed by atoms with Gasteiger partial charge in [-0.2, -0.15) is 5.10 Å². The van der Waals surface area contributed by atoms with Crippen LogP contribution in [-0.4, -0.2) is 25.1 Å². The Morgan fingerprint density at radius 3 is 2.90 bits per heavy atom. The van der Waals surface area contributed by atoms with E-state index in [1.54, 1.807) is 6.33 Å². The summed E-state index contributed by atoms with van der Waals surface area (Å²) in [5, 5.41) is 5.47. The summed E-state index contributed by atoms with van der Waals surface area (Å²) < 4.78 is 4.10. The smallest absolute Gasteiger partial charge is 0.146 e. The molecule has 0 atom stereocenters. The lowest BCUT2D eigenvalue weighted by atomic mass is 10.2. The van der Waals surface area contributed by atoms with Crippen LogP contribution < -0.4 is 5.73 Å². The molecule has 0 spiro atoms. The van der Waals surface area contributed by atoms with E-state index < -0.39 is 0 Å². The molecule has 0 saturated heterocycles. The van der Waals surface area contributed by atoms with Gasteiger partial charge < -0.3 is 10.3 Å². The summed E-state index contributed by atoms with van der Waals surface area (Å²) in [6, 6.07) is 6.23. The van der Waals surface area contributed by atoms with Crippen LogP contribution in [0.1, 0.15) is 19.7 Å². The van der Waals surface area contributed by atoms with E-state index in [0.29, 0.717) is 6.54 Å². The zero-order chi connectivity index (χ0) is 14.8. The number of rotatable bonds is 5. The number of nitrogens with zero attached hydrogens (tertiary/aromatic N) is 4. The second-order valence-corrected chi connectivity index (χ2v) is 6.13. The highest BCUT2D eigenvalue weighted by Crippen LogP contribution is 2.31. The number of nitrogen functional groups attached to an aromatic ring is 1. The fraction of sp³-hybridized carbons (Fsp3) is 0.333. The summed E-state index contributed by atoms with van der Waals surface area (Å²) in [6.07, 6.45) is 3.70. The van der Waals surface area contributed by atoms with E-state index in [-0.39, 0.29) is 0 Å². The third kappa shape index (κ3) is 2.63. The number of anilines is 1. The van der Waals surface area contributed by atoms with Crippen molar-refractivity contribution in [1.29, 1.82) is 0 Å². The molecule has 2 heterocycles. The molecular formula is C15H19N5S. The minimum absolute atomic E-state index is 0.705. The number of aryl methyl sites for hydroxylation is 1. The van der Waals surface area contributed by atoms with Crippen LogP contribution in [0.4, 0.5) is 5.69 Å². The van der Waals surface area contributed by atoms with E-state index in [1.165, 1.54) is 10.3 Å². The van der Waals surface area contributed by atoms with Crippen LogP contribution in [0.5, 0.6) is 0 Å². The van der Waals surface area contributed by atoms with Crippen molar-refractivity contribution in [3.63, 3.8) is 0 Å². The molecule has 0 aliphatic heterocycles. The van der Waals surface area contributed by atoms with Crippen LogP contribution in [0.2, 0.25) is 0 Å². The van der Waals surface area contributed by atoms with Crippen molar-refractivity contribution < 1.29 is 0 Å². The number of aromatic nitrogens is 4. The summed E-state index contributed by atoms with van der Waals surface area (Å²) in [4.78, 5) is 5.58. The second-order valence-electron chi connectivity index (χ2n) is 4.82. The molecule has 110 valence electrons. The van der Waals surface area contributed by atoms with Crippen LogP contribution in [0.3, 0.4) is 0 Å². The Morgan fingerprint density at radius 1 is 1.29 bits per heavy atom. The molecule has 0 aliphatic carbocycles.